The molecule has 0 unspecified atom stereocenters. The fourth-order valence-corrected chi connectivity index (χ4v) is 1.34. The fourth-order valence-electron chi connectivity index (χ4n) is 1.34. The maximum Gasteiger partial charge on any atom is 0.321 e. The van der Waals surface area contributed by atoms with E-state index < -0.39 is 17.4 Å². The van der Waals surface area contributed by atoms with Crippen LogP contribution in [-0.2, 0) is 9.59 Å². The zero-order chi connectivity index (χ0) is 12.6. The number of carboxylic acid groups (broad SMARTS) is 2. The molecule has 0 saturated heterocycles. The molecule has 4 heteroatoms. The van der Waals surface area contributed by atoms with Gasteiger partial charge in [-0.1, -0.05) is 31.6 Å². The van der Waals surface area contributed by atoms with Gasteiger partial charge in [-0.15, -0.1) is 6.58 Å². The first-order valence-electron chi connectivity index (χ1n) is 5.24. The van der Waals surface area contributed by atoms with Gasteiger partial charge in [0.25, 0.3) is 0 Å². The van der Waals surface area contributed by atoms with Crippen LogP contribution >= 0.6 is 0 Å². The average molecular weight is 226 g/mol. The monoisotopic (exact) mass is 226 g/mol. The summed E-state index contributed by atoms with van der Waals surface area (Å²) < 4.78 is 0. The van der Waals surface area contributed by atoms with E-state index in [1.54, 1.807) is 6.08 Å². The van der Waals surface area contributed by atoms with Crippen molar-refractivity contribution >= 4 is 11.9 Å². The van der Waals surface area contributed by atoms with E-state index in [1.807, 2.05) is 13.0 Å². The maximum absolute atomic E-state index is 11.1. The van der Waals surface area contributed by atoms with Gasteiger partial charge in [-0.2, -0.15) is 0 Å². The predicted octanol–water partition coefficient (Wildman–Crippen LogP) is 2.46. The molecule has 0 aromatic carbocycles. The lowest BCUT2D eigenvalue weighted by molar-refractivity contribution is -0.164. The summed E-state index contributed by atoms with van der Waals surface area (Å²) in [6, 6.07) is 0. The van der Waals surface area contributed by atoms with Gasteiger partial charge in [0.1, 0.15) is 0 Å². The second-order valence-corrected chi connectivity index (χ2v) is 3.65. The minimum atomic E-state index is -1.77. The molecule has 0 aliphatic rings. The summed E-state index contributed by atoms with van der Waals surface area (Å²) in [5, 5.41) is 18.0. The van der Waals surface area contributed by atoms with E-state index in [9.17, 15) is 9.59 Å². The molecule has 0 aliphatic carbocycles. The third-order valence-electron chi connectivity index (χ3n) is 2.40. The Labute approximate surface area is 95.3 Å². The van der Waals surface area contributed by atoms with Crippen LogP contribution in [0.5, 0.6) is 0 Å². The molecule has 0 aromatic heterocycles. The molecule has 4 nitrogen and oxygen atoms in total. The summed E-state index contributed by atoms with van der Waals surface area (Å²) in [5.41, 5.74) is -1.77. The normalized spacial score (nSPS) is 11.6. The zero-order valence-corrected chi connectivity index (χ0v) is 9.48. The van der Waals surface area contributed by atoms with Crippen molar-refractivity contribution in [3.05, 3.63) is 24.8 Å². The van der Waals surface area contributed by atoms with Crippen LogP contribution in [0.2, 0.25) is 0 Å². The van der Waals surface area contributed by atoms with Crippen molar-refractivity contribution in [1.29, 1.82) is 0 Å². The Balaban J connectivity index is 4.82. The molecule has 0 amide bonds. The van der Waals surface area contributed by atoms with Gasteiger partial charge in [0, 0.05) is 0 Å². The second-order valence-electron chi connectivity index (χ2n) is 3.65. The summed E-state index contributed by atoms with van der Waals surface area (Å²) >= 11 is 0. The molecule has 2 N–H and O–H groups in total. The van der Waals surface area contributed by atoms with E-state index in [-0.39, 0.29) is 12.8 Å². The summed E-state index contributed by atoms with van der Waals surface area (Å²) in [7, 11) is 0. The number of hydrogen-bond donors (Lipinski definition) is 2. The van der Waals surface area contributed by atoms with Crippen LogP contribution in [0.1, 0.15) is 32.6 Å². The lowest BCUT2D eigenvalue weighted by Crippen LogP contribution is -2.38. The Morgan fingerprint density at radius 2 is 1.75 bits per heavy atom. The van der Waals surface area contributed by atoms with Crippen molar-refractivity contribution in [2.24, 2.45) is 5.41 Å². The number of carboxylic acids is 2. The highest BCUT2D eigenvalue weighted by Gasteiger charge is 2.44. The van der Waals surface area contributed by atoms with Gasteiger partial charge in [0.05, 0.1) is 0 Å². The Bertz CT molecular complexity index is 277. The van der Waals surface area contributed by atoms with Gasteiger partial charge < -0.3 is 10.2 Å². The van der Waals surface area contributed by atoms with Gasteiger partial charge in [0.2, 0.25) is 0 Å². The molecule has 0 heterocycles. The van der Waals surface area contributed by atoms with E-state index in [0.29, 0.717) is 0 Å². The molecule has 0 saturated carbocycles. The first-order chi connectivity index (χ1) is 7.51. The van der Waals surface area contributed by atoms with Crippen molar-refractivity contribution in [3.63, 3.8) is 0 Å². The smallest absolute Gasteiger partial charge is 0.321 e. The summed E-state index contributed by atoms with van der Waals surface area (Å²) in [4.78, 5) is 22.1. The Kier molecular flexibility index (Phi) is 6.15. The van der Waals surface area contributed by atoms with Gasteiger partial charge in [-0.3, -0.25) is 9.59 Å². The van der Waals surface area contributed by atoms with E-state index >= 15 is 0 Å². The molecule has 90 valence electrons. The predicted molar refractivity (Wildman–Crippen MR) is 61.2 cm³/mol. The number of carbonyl (C=O) groups is 2. The lowest BCUT2D eigenvalue weighted by Gasteiger charge is -2.21. The summed E-state index contributed by atoms with van der Waals surface area (Å²) in [6.07, 6.45) is 6.45. The topological polar surface area (TPSA) is 74.6 Å². The maximum atomic E-state index is 11.1. The van der Waals surface area contributed by atoms with Crippen LogP contribution in [0, 0.1) is 5.41 Å². The molecule has 0 radical (unpaired) electrons. The van der Waals surface area contributed by atoms with Gasteiger partial charge >= 0.3 is 11.9 Å². The van der Waals surface area contributed by atoms with Crippen LogP contribution in [0.15, 0.2) is 24.8 Å². The minimum Gasteiger partial charge on any atom is -0.480 e. The number of hydrogen-bond acceptors (Lipinski definition) is 2. The third-order valence-corrected chi connectivity index (χ3v) is 2.40. The molecule has 0 atom stereocenters. The Hall–Kier alpha value is -1.58. The first-order valence-corrected chi connectivity index (χ1v) is 5.24. The highest BCUT2D eigenvalue weighted by molar-refractivity contribution is 5.98. The molecule has 0 fully saturated rings. The Morgan fingerprint density at radius 3 is 2.12 bits per heavy atom. The van der Waals surface area contributed by atoms with Crippen molar-refractivity contribution in [2.45, 2.75) is 32.6 Å². The summed E-state index contributed by atoms with van der Waals surface area (Å²) in [6.45, 7) is 5.40. The van der Waals surface area contributed by atoms with Crippen molar-refractivity contribution < 1.29 is 19.8 Å². The molecule has 0 aliphatic heterocycles. The van der Waals surface area contributed by atoms with Crippen LogP contribution < -0.4 is 0 Å². The van der Waals surface area contributed by atoms with Gasteiger partial charge in [-0.25, -0.2) is 0 Å². The molecule has 0 spiro atoms. The molecule has 0 bridgehead atoms. The largest absolute Gasteiger partial charge is 0.480 e. The molecular weight excluding hydrogens is 208 g/mol. The fraction of sp³-hybridized carbons (Fsp3) is 0.500. The highest BCUT2D eigenvalue weighted by atomic mass is 16.4. The number of unbranched alkanes of at least 4 members (excludes halogenated alkanes) is 1. The van der Waals surface area contributed by atoms with E-state index in [0.717, 1.165) is 12.8 Å². The number of allylic oxidation sites excluding steroid dienone is 3. The first kappa shape index (κ1) is 14.4. The number of aliphatic carboxylic acids is 2. The van der Waals surface area contributed by atoms with Crippen LogP contribution in [0.4, 0.5) is 0 Å². The van der Waals surface area contributed by atoms with Gasteiger partial charge in [-0.05, 0) is 19.3 Å². The van der Waals surface area contributed by atoms with Crippen LogP contribution in [0.3, 0.4) is 0 Å². The number of rotatable bonds is 8. The molecule has 16 heavy (non-hydrogen) atoms. The Morgan fingerprint density at radius 1 is 1.19 bits per heavy atom. The zero-order valence-electron chi connectivity index (χ0n) is 9.48. The summed E-state index contributed by atoms with van der Waals surface area (Å²) in [5.74, 6) is -2.64. The molecular formula is C12H18O4. The minimum absolute atomic E-state index is 0.0102. The highest BCUT2D eigenvalue weighted by Crippen LogP contribution is 2.28. The van der Waals surface area contributed by atoms with E-state index in [4.69, 9.17) is 10.2 Å². The van der Waals surface area contributed by atoms with Crippen molar-refractivity contribution in [3.8, 4) is 0 Å². The van der Waals surface area contributed by atoms with Crippen molar-refractivity contribution in [2.75, 3.05) is 0 Å². The van der Waals surface area contributed by atoms with Crippen LogP contribution in [-0.4, -0.2) is 22.2 Å². The molecule has 0 aromatic rings. The average Bonchev–Trinajstić information content (AvgIpc) is 2.21. The van der Waals surface area contributed by atoms with Gasteiger partial charge in [0.15, 0.2) is 5.41 Å². The van der Waals surface area contributed by atoms with E-state index in [2.05, 4.69) is 6.58 Å². The standard InChI is InChI=1S/C12H18O4/c1-3-5-6-7-9-12(8-4-2,10(13)14)11(15)16/h4,6-7H,2-3,5,8-9H2,1H3,(H,13,14)(H,15,16)/b7-6+. The quantitative estimate of drug-likeness (QED) is 0.492. The second kappa shape index (κ2) is 6.82. The van der Waals surface area contributed by atoms with E-state index in [1.165, 1.54) is 6.08 Å². The molecule has 0 rings (SSSR count). The third kappa shape index (κ3) is 3.53. The van der Waals surface area contributed by atoms with Crippen molar-refractivity contribution in [1.82, 2.24) is 0 Å². The van der Waals surface area contributed by atoms with Crippen LogP contribution in [0.25, 0.3) is 0 Å². The SMILES string of the molecule is C=CCC(C/C=C/CCC)(C(=O)O)C(=O)O. The lowest BCUT2D eigenvalue weighted by atomic mass is 9.81.